The van der Waals surface area contributed by atoms with Crippen LogP contribution in [0.4, 0.5) is 8.78 Å². The number of nitrogens with zero attached hydrogens (tertiary/aromatic N) is 1. The van der Waals surface area contributed by atoms with Crippen LogP contribution in [0, 0.1) is 11.6 Å². The Bertz CT molecular complexity index is 531. The fourth-order valence-corrected chi connectivity index (χ4v) is 2.32. The van der Waals surface area contributed by atoms with Crippen LogP contribution in [-0.4, -0.2) is 4.98 Å². The van der Waals surface area contributed by atoms with Gasteiger partial charge in [0, 0.05) is 22.6 Å². The summed E-state index contributed by atoms with van der Waals surface area (Å²) < 4.78 is 26.1. The molecule has 0 bridgehead atoms. The Hall–Kier alpha value is -1.29. The number of pyridine rings is 1. The van der Waals surface area contributed by atoms with Gasteiger partial charge >= 0.3 is 0 Å². The molecule has 0 N–H and O–H groups in total. The van der Waals surface area contributed by atoms with Crippen LogP contribution in [-0.2, 0) is 0 Å². The van der Waals surface area contributed by atoms with Crippen molar-refractivity contribution in [3.8, 4) is 0 Å². The van der Waals surface area contributed by atoms with E-state index in [1.165, 1.54) is 6.07 Å². The molecule has 1 aromatic heterocycles. The number of alkyl halides is 1. The number of halogens is 3. The van der Waals surface area contributed by atoms with E-state index in [-0.39, 0.29) is 10.7 Å². The molecule has 0 aliphatic heterocycles. The summed E-state index contributed by atoms with van der Waals surface area (Å²) in [6.07, 6.45) is 1.72. The van der Waals surface area contributed by atoms with Crippen molar-refractivity contribution in [3.05, 3.63) is 65.5 Å². The SMILES string of the molecule is CC(c1ccccn1)C(Br)c1ccc(F)c(F)c1. The summed E-state index contributed by atoms with van der Waals surface area (Å²) in [5.74, 6) is -1.59. The molecule has 0 amide bonds. The summed E-state index contributed by atoms with van der Waals surface area (Å²) in [4.78, 5) is 4.16. The Morgan fingerprint density at radius 2 is 1.89 bits per heavy atom. The molecule has 94 valence electrons. The molecule has 0 saturated carbocycles. The third-order valence-electron chi connectivity index (χ3n) is 2.86. The second-order valence-electron chi connectivity index (χ2n) is 4.12. The average Bonchev–Trinajstić information content (AvgIpc) is 2.41. The van der Waals surface area contributed by atoms with Crippen LogP contribution in [0.3, 0.4) is 0 Å². The highest BCUT2D eigenvalue weighted by Gasteiger charge is 2.20. The summed E-state index contributed by atoms with van der Waals surface area (Å²) >= 11 is 3.52. The van der Waals surface area contributed by atoms with Gasteiger partial charge in [0.15, 0.2) is 11.6 Å². The Morgan fingerprint density at radius 1 is 1.11 bits per heavy atom. The molecule has 0 fully saturated rings. The quantitative estimate of drug-likeness (QED) is 0.755. The molecule has 1 heterocycles. The fourth-order valence-electron chi connectivity index (χ4n) is 1.77. The molecule has 2 aromatic rings. The van der Waals surface area contributed by atoms with Gasteiger partial charge in [-0.05, 0) is 29.8 Å². The highest BCUT2D eigenvalue weighted by Crippen LogP contribution is 2.37. The van der Waals surface area contributed by atoms with E-state index in [0.717, 1.165) is 11.8 Å². The van der Waals surface area contributed by atoms with Gasteiger partial charge in [0.1, 0.15) is 0 Å². The molecule has 0 saturated heterocycles. The Kier molecular flexibility index (Phi) is 4.07. The minimum Gasteiger partial charge on any atom is -0.261 e. The number of benzene rings is 1. The van der Waals surface area contributed by atoms with Crippen LogP contribution in [0.15, 0.2) is 42.6 Å². The zero-order valence-electron chi connectivity index (χ0n) is 9.78. The lowest BCUT2D eigenvalue weighted by molar-refractivity contribution is 0.506. The lowest BCUT2D eigenvalue weighted by Gasteiger charge is -2.18. The van der Waals surface area contributed by atoms with E-state index in [2.05, 4.69) is 20.9 Å². The number of hydrogen-bond acceptors (Lipinski definition) is 1. The van der Waals surface area contributed by atoms with Gasteiger partial charge in [0.2, 0.25) is 0 Å². The first kappa shape index (κ1) is 13.1. The van der Waals surface area contributed by atoms with Crippen molar-refractivity contribution in [1.29, 1.82) is 0 Å². The largest absolute Gasteiger partial charge is 0.261 e. The third kappa shape index (κ3) is 2.75. The topological polar surface area (TPSA) is 12.9 Å². The van der Waals surface area contributed by atoms with Gasteiger partial charge in [-0.1, -0.05) is 35.0 Å². The van der Waals surface area contributed by atoms with Crippen molar-refractivity contribution in [1.82, 2.24) is 4.98 Å². The lowest BCUT2D eigenvalue weighted by Crippen LogP contribution is -2.04. The predicted octanol–water partition coefficient (Wildman–Crippen LogP) is 4.60. The number of rotatable bonds is 3. The highest BCUT2D eigenvalue weighted by atomic mass is 79.9. The van der Waals surface area contributed by atoms with E-state index < -0.39 is 11.6 Å². The molecule has 0 spiro atoms. The molecular weight excluding hydrogens is 300 g/mol. The van der Waals surface area contributed by atoms with Gasteiger partial charge in [-0.2, -0.15) is 0 Å². The van der Waals surface area contributed by atoms with Crippen molar-refractivity contribution >= 4 is 15.9 Å². The second kappa shape index (κ2) is 5.57. The van der Waals surface area contributed by atoms with Gasteiger partial charge in [0.25, 0.3) is 0 Å². The molecule has 2 unspecified atom stereocenters. The Balaban J connectivity index is 2.25. The first-order valence-electron chi connectivity index (χ1n) is 5.59. The first-order valence-corrected chi connectivity index (χ1v) is 6.51. The Labute approximate surface area is 113 Å². The van der Waals surface area contributed by atoms with Crippen LogP contribution in [0.2, 0.25) is 0 Å². The van der Waals surface area contributed by atoms with E-state index in [4.69, 9.17) is 0 Å². The zero-order valence-corrected chi connectivity index (χ0v) is 11.4. The molecule has 0 aliphatic rings. The minimum absolute atomic E-state index is 0.0658. The van der Waals surface area contributed by atoms with Crippen molar-refractivity contribution in [2.24, 2.45) is 0 Å². The minimum atomic E-state index is -0.830. The molecule has 4 heteroatoms. The van der Waals surface area contributed by atoms with Crippen LogP contribution in [0.25, 0.3) is 0 Å². The molecule has 0 radical (unpaired) electrons. The van der Waals surface area contributed by atoms with E-state index in [9.17, 15) is 8.78 Å². The van der Waals surface area contributed by atoms with E-state index in [1.807, 2.05) is 25.1 Å². The predicted molar refractivity (Wildman–Crippen MR) is 70.7 cm³/mol. The molecule has 2 atom stereocenters. The number of hydrogen-bond donors (Lipinski definition) is 0. The summed E-state index contributed by atoms with van der Waals surface area (Å²) in [5, 5.41) is 0. The summed E-state index contributed by atoms with van der Waals surface area (Å²) in [6, 6.07) is 9.61. The maximum Gasteiger partial charge on any atom is 0.159 e. The highest BCUT2D eigenvalue weighted by molar-refractivity contribution is 9.09. The summed E-state index contributed by atoms with van der Waals surface area (Å²) in [7, 11) is 0. The van der Waals surface area contributed by atoms with Crippen LogP contribution >= 0.6 is 15.9 Å². The third-order valence-corrected chi connectivity index (χ3v) is 4.18. The van der Waals surface area contributed by atoms with Crippen molar-refractivity contribution in [3.63, 3.8) is 0 Å². The second-order valence-corrected chi connectivity index (χ2v) is 5.11. The van der Waals surface area contributed by atoms with Crippen molar-refractivity contribution in [2.45, 2.75) is 17.7 Å². The van der Waals surface area contributed by atoms with Crippen LogP contribution in [0.5, 0.6) is 0 Å². The lowest BCUT2D eigenvalue weighted by atomic mass is 9.97. The van der Waals surface area contributed by atoms with Gasteiger partial charge < -0.3 is 0 Å². The standard InChI is InChI=1S/C14H12BrF2N/c1-9(13-4-2-3-7-18-13)14(15)10-5-6-11(16)12(17)8-10/h2-9,14H,1H3. The maximum absolute atomic E-state index is 13.2. The monoisotopic (exact) mass is 311 g/mol. The molecule has 2 rings (SSSR count). The van der Waals surface area contributed by atoms with Gasteiger partial charge in [0.05, 0.1) is 0 Å². The Morgan fingerprint density at radius 3 is 2.50 bits per heavy atom. The van der Waals surface area contributed by atoms with Gasteiger partial charge in [-0.25, -0.2) is 8.78 Å². The van der Waals surface area contributed by atoms with Crippen LogP contribution in [0.1, 0.15) is 28.9 Å². The smallest absolute Gasteiger partial charge is 0.159 e. The summed E-state index contributed by atoms with van der Waals surface area (Å²) in [5.41, 5.74) is 1.61. The zero-order chi connectivity index (χ0) is 13.1. The first-order chi connectivity index (χ1) is 8.59. The fraction of sp³-hybridized carbons (Fsp3) is 0.214. The molecular formula is C14H12BrF2N. The molecule has 1 nitrogen and oxygen atoms in total. The number of aromatic nitrogens is 1. The normalized spacial score (nSPS) is 14.2. The average molecular weight is 312 g/mol. The van der Waals surface area contributed by atoms with E-state index in [0.29, 0.717) is 5.56 Å². The molecule has 18 heavy (non-hydrogen) atoms. The van der Waals surface area contributed by atoms with E-state index >= 15 is 0 Å². The molecule has 1 aromatic carbocycles. The van der Waals surface area contributed by atoms with E-state index in [1.54, 1.807) is 12.3 Å². The molecule has 0 aliphatic carbocycles. The summed E-state index contributed by atoms with van der Waals surface area (Å²) in [6.45, 7) is 1.99. The maximum atomic E-state index is 13.2. The van der Waals surface area contributed by atoms with Gasteiger partial charge in [-0.15, -0.1) is 0 Å². The van der Waals surface area contributed by atoms with Gasteiger partial charge in [-0.3, -0.25) is 4.98 Å². The van der Waals surface area contributed by atoms with Crippen molar-refractivity contribution < 1.29 is 8.78 Å². The van der Waals surface area contributed by atoms with Crippen LogP contribution < -0.4 is 0 Å². The van der Waals surface area contributed by atoms with Crippen molar-refractivity contribution in [2.75, 3.05) is 0 Å².